The third kappa shape index (κ3) is 6.88. The average Bonchev–Trinajstić information content (AvgIpc) is 2.72. The second kappa shape index (κ2) is 11.4. The first-order chi connectivity index (χ1) is 14.6. The Bertz CT molecular complexity index is 913. The van der Waals surface area contributed by atoms with E-state index in [0.717, 1.165) is 17.5 Å². The predicted octanol–water partition coefficient (Wildman–Crippen LogP) is 5.32. The molecule has 0 heterocycles. The first-order valence-corrected chi connectivity index (χ1v) is 11.1. The molecule has 168 valence electrons. The lowest BCUT2D eigenvalue weighted by molar-refractivity contribution is -0.142. The summed E-state index contributed by atoms with van der Waals surface area (Å²) in [7, 11) is 0. The molecule has 0 aromatic heterocycles. The highest BCUT2D eigenvalue weighted by Gasteiger charge is 2.28. The largest absolute Gasteiger partial charge is 0.483 e. The minimum atomic E-state index is -0.725. The number of carbonyl (C=O) groups is 2. The van der Waals surface area contributed by atoms with Crippen LogP contribution >= 0.6 is 23.2 Å². The molecule has 7 heteroatoms. The van der Waals surface area contributed by atoms with Crippen molar-refractivity contribution in [1.82, 2.24) is 10.2 Å². The number of rotatable bonds is 9. The normalized spacial score (nSPS) is 12.7. The van der Waals surface area contributed by atoms with Gasteiger partial charge >= 0.3 is 0 Å². The molecule has 0 aliphatic heterocycles. The zero-order valence-corrected chi connectivity index (χ0v) is 20.2. The topological polar surface area (TPSA) is 58.6 Å². The van der Waals surface area contributed by atoms with Crippen LogP contribution in [0.15, 0.2) is 36.4 Å². The van der Waals surface area contributed by atoms with Crippen molar-refractivity contribution in [3.05, 3.63) is 63.1 Å². The molecule has 2 atom stereocenters. The van der Waals surface area contributed by atoms with Gasteiger partial charge in [-0.3, -0.25) is 9.59 Å². The number of amides is 2. The van der Waals surface area contributed by atoms with Gasteiger partial charge in [0, 0.05) is 28.2 Å². The number of aryl methyl sites for hydroxylation is 2. The summed E-state index contributed by atoms with van der Waals surface area (Å²) in [4.78, 5) is 27.4. The molecule has 0 unspecified atom stereocenters. The van der Waals surface area contributed by atoms with E-state index in [0.29, 0.717) is 21.4 Å². The van der Waals surface area contributed by atoms with Crippen molar-refractivity contribution >= 4 is 35.0 Å². The minimum Gasteiger partial charge on any atom is -0.483 e. The van der Waals surface area contributed by atoms with E-state index in [2.05, 4.69) is 5.32 Å². The molecule has 2 amide bonds. The van der Waals surface area contributed by atoms with Crippen molar-refractivity contribution in [2.45, 2.75) is 59.7 Å². The molecule has 0 spiro atoms. The van der Waals surface area contributed by atoms with Gasteiger partial charge in [0.15, 0.2) is 6.61 Å². The van der Waals surface area contributed by atoms with Crippen LogP contribution in [0.5, 0.6) is 5.75 Å². The fourth-order valence-electron chi connectivity index (χ4n) is 3.09. The average molecular weight is 465 g/mol. The number of benzene rings is 2. The second-order valence-electron chi connectivity index (χ2n) is 7.77. The van der Waals surface area contributed by atoms with Gasteiger partial charge in [-0.1, -0.05) is 53.9 Å². The summed E-state index contributed by atoms with van der Waals surface area (Å²) < 4.78 is 5.78. The maximum Gasteiger partial charge on any atom is 0.261 e. The molecule has 1 N–H and O–H groups in total. The summed E-state index contributed by atoms with van der Waals surface area (Å²) in [5.41, 5.74) is 2.64. The van der Waals surface area contributed by atoms with Crippen molar-refractivity contribution in [2.75, 3.05) is 6.61 Å². The van der Waals surface area contributed by atoms with E-state index in [1.165, 1.54) is 4.90 Å². The van der Waals surface area contributed by atoms with Crippen molar-refractivity contribution in [2.24, 2.45) is 0 Å². The molecule has 0 aliphatic rings. The third-order valence-corrected chi connectivity index (χ3v) is 5.95. The number of halogens is 2. The molecule has 0 saturated heterocycles. The number of ether oxygens (including phenoxy) is 1. The zero-order chi connectivity index (χ0) is 23.1. The van der Waals surface area contributed by atoms with Gasteiger partial charge in [-0.05, 0) is 57.9 Å². The smallest absolute Gasteiger partial charge is 0.261 e. The van der Waals surface area contributed by atoms with Crippen LogP contribution in [0.1, 0.15) is 43.9 Å². The molecule has 0 radical (unpaired) electrons. The quantitative estimate of drug-likeness (QED) is 0.545. The fraction of sp³-hybridized carbons (Fsp3) is 0.417. The van der Waals surface area contributed by atoms with Crippen molar-refractivity contribution in [3.8, 4) is 5.75 Å². The highest BCUT2D eigenvalue weighted by Crippen LogP contribution is 2.27. The molecule has 2 rings (SSSR count). The number of nitrogens with one attached hydrogen (secondary N) is 1. The van der Waals surface area contributed by atoms with Gasteiger partial charge < -0.3 is 15.0 Å². The van der Waals surface area contributed by atoms with E-state index in [1.54, 1.807) is 25.1 Å². The number of hydrogen-bond donors (Lipinski definition) is 1. The SMILES string of the molecule is CC[C@H](C)NC(=O)[C@H](C)N(Cc1c(Cl)cccc1Cl)C(=O)COc1ccc(C)cc1C. The van der Waals surface area contributed by atoms with Gasteiger partial charge in [-0.15, -0.1) is 0 Å². The van der Waals surface area contributed by atoms with Gasteiger partial charge in [0.25, 0.3) is 5.91 Å². The third-order valence-electron chi connectivity index (χ3n) is 5.24. The molecular weight excluding hydrogens is 435 g/mol. The monoisotopic (exact) mass is 464 g/mol. The molecule has 0 bridgehead atoms. The summed E-state index contributed by atoms with van der Waals surface area (Å²) in [5.74, 6) is 0.0616. The number of nitrogens with zero attached hydrogens (tertiary/aromatic N) is 1. The van der Waals surface area contributed by atoms with Gasteiger partial charge in [-0.25, -0.2) is 0 Å². The van der Waals surface area contributed by atoms with Crippen LogP contribution in [0, 0.1) is 13.8 Å². The van der Waals surface area contributed by atoms with Gasteiger partial charge in [0.05, 0.1) is 0 Å². The minimum absolute atomic E-state index is 0.00209. The van der Waals surface area contributed by atoms with Crippen LogP contribution in [0.2, 0.25) is 10.0 Å². The van der Waals surface area contributed by atoms with Crippen molar-refractivity contribution in [1.29, 1.82) is 0 Å². The van der Waals surface area contributed by atoms with E-state index in [4.69, 9.17) is 27.9 Å². The van der Waals surface area contributed by atoms with Gasteiger partial charge in [0.2, 0.25) is 5.91 Å². The molecule has 2 aromatic carbocycles. The Balaban J connectivity index is 2.24. The molecule has 0 fully saturated rings. The molecule has 0 aliphatic carbocycles. The highest BCUT2D eigenvalue weighted by atomic mass is 35.5. The summed E-state index contributed by atoms with van der Waals surface area (Å²) in [6, 6.07) is 10.2. The molecule has 31 heavy (non-hydrogen) atoms. The van der Waals surface area contributed by atoms with E-state index in [9.17, 15) is 9.59 Å². The molecule has 0 saturated carbocycles. The van der Waals surface area contributed by atoms with Crippen LogP contribution in [0.4, 0.5) is 0 Å². The van der Waals surface area contributed by atoms with Crippen LogP contribution < -0.4 is 10.1 Å². The summed E-state index contributed by atoms with van der Waals surface area (Å²) in [5, 5.41) is 3.81. The summed E-state index contributed by atoms with van der Waals surface area (Å²) in [6.45, 7) is 9.42. The Morgan fingerprint density at radius 2 is 1.74 bits per heavy atom. The van der Waals surface area contributed by atoms with Crippen LogP contribution in [-0.2, 0) is 16.1 Å². The zero-order valence-electron chi connectivity index (χ0n) is 18.7. The maximum absolute atomic E-state index is 13.2. The maximum atomic E-state index is 13.2. The lowest BCUT2D eigenvalue weighted by atomic mass is 10.1. The highest BCUT2D eigenvalue weighted by molar-refractivity contribution is 6.36. The lowest BCUT2D eigenvalue weighted by Crippen LogP contribution is -2.50. The Hall–Kier alpha value is -2.24. The Labute approximate surface area is 194 Å². The molecular formula is C24H30Cl2N2O3. The van der Waals surface area contributed by atoms with Gasteiger partial charge in [0.1, 0.15) is 11.8 Å². The van der Waals surface area contributed by atoms with Crippen LogP contribution in [-0.4, -0.2) is 35.4 Å². The molecule has 5 nitrogen and oxygen atoms in total. The lowest BCUT2D eigenvalue weighted by Gasteiger charge is -2.30. The van der Waals surface area contributed by atoms with Crippen LogP contribution in [0.25, 0.3) is 0 Å². The second-order valence-corrected chi connectivity index (χ2v) is 8.59. The van der Waals surface area contributed by atoms with Crippen molar-refractivity contribution < 1.29 is 14.3 Å². The van der Waals surface area contributed by atoms with E-state index in [1.807, 2.05) is 45.9 Å². The van der Waals surface area contributed by atoms with Crippen LogP contribution in [0.3, 0.4) is 0 Å². The van der Waals surface area contributed by atoms with Crippen molar-refractivity contribution in [3.63, 3.8) is 0 Å². The van der Waals surface area contributed by atoms with Gasteiger partial charge in [-0.2, -0.15) is 0 Å². The number of hydrogen-bond acceptors (Lipinski definition) is 3. The van der Waals surface area contributed by atoms with E-state index >= 15 is 0 Å². The Morgan fingerprint density at radius 3 is 2.32 bits per heavy atom. The molecule has 2 aromatic rings. The first-order valence-electron chi connectivity index (χ1n) is 10.4. The van der Waals surface area contributed by atoms with E-state index < -0.39 is 6.04 Å². The fourth-order valence-corrected chi connectivity index (χ4v) is 3.60. The standard InChI is InChI=1S/C24H30Cl2N2O3/c1-6-17(4)27-24(30)18(5)28(13-19-20(25)8-7-9-21(19)26)23(29)14-31-22-11-10-15(2)12-16(22)3/h7-12,17-18H,6,13-14H2,1-5H3,(H,27,30)/t17-,18-/m0/s1. The van der Waals surface area contributed by atoms with E-state index in [-0.39, 0.29) is 31.0 Å². The predicted molar refractivity (Wildman–Crippen MR) is 126 cm³/mol. The Morgan fingerprint density at radius 1 is 1.10 bits per heavy atom. The summed E-state index contributed by atoms with van der Waals surface area (Å²) >= 11 is 12.6. The first kappa shape index (κ1) is 25.0. The summed E-state index contributed by atoms with van der Waals surface area (Å²) in [6.07, 6.45) is 0.790. The Kier molecular flexibility index (Phi) is 9.20. The number of carbonyl (C=O) groups excluding carboxylic acids is 2.